The minimum absolute atomic E-state index is 0.0224. The van der Waals surface area contributed by atoms with Gasteiger partial charge in [0, 0.05) is 24.4 Å². The van der Waals surface area contributed by atoms with Crippen molar-refractivity contribution in [3.8, 4) is 17.1 Å². The molecule has 30 heavy (non-hydrogen) atoms. The number of aromatic nitrogens is 3. The van der Waals surface area contributed by atoms with Crippen molar-refractivity contribution in [2.45, 2.75) is 37.9 Å². The third kappa shape index (κ3) is 4.74. The Labute approximate surface area is 181 Å². The third-order valence-electron chi connectivity index (χ3n) is 5.30. The van der Waals surface area contributed by atoms with E-state index in [0.29, 0.717) is 11.7 Å². The van der Waals surface area contributed by atoms with Crippen LogP contribution in [-0.4, -0.2) is 45.7 Å². The van der Waals surface area contributed by atoms with Crippen molar-refractivity contribution in [2.24, 2.45) is 0 Å². The van der Waals surface area contributed by atoms with Crippen molar-refractivity contribution < 1.29 is 9.53 Å². The summed E-state index contributed by atoms with van der Waals surface area (Å²) in [4.78, 5) is 12.3. The van der Waals surface area contributed by atoms with Crippen LogP contribution in [0.2, 0.25) is 0 Å². The molecule has 6 nitrogen and oxygen atoms in total. The van der Waals surface area contributed by atoms with Crippen LogP contribution in [0.1, 0.15) is 24.0 Å². The average Bonchev–Trinajstić information content (AvgIpc) is 3.43. The second-order valence-corrected chi connectivity index (χ2v) is 8.45. The van der Waals surface area contributed by atoms with Crippen LogP contribution < -0.4 is 5.32 Å². The second kappa shape index (κ2) is 9.45. The number of rotatable bonds is 7. The van der Waals surface area contributed by atoms with Gasteiger partial charge in [0.2, 0.25) is 5.91 Å². The van der Waals surface area contributed by atoms with Crippen molar-refractivity contribution in [3.05, 3.63) is 59.7 Å². The Morgan fingerprint density at radius 2 is 2.00 bits per heavy atom. The molecular weight excluding hydrogens is 396 g/mol. The first-order valence-electron chi connectivity index (χ1n) is 10.2. The molecule has 1 fully saturated rings. The molecule has 1 atom stereocenters. The number of benzene rings is 2. The second-order valence-electron chi connectivity index (χ2n) is 7.50. The first kappa shape index (κ1) is 20.6. The molecule has 7 heteroatoms. The summed E-state index contributed by atoms with van der Waals surface area (Å²) < 4.78 is 7.58. The standard InChI is InChI=1S/C23H26N4O2S/c1-16-10-11-18(13-17(16)2)22-25-26-23(27(22)19-7-4-3-5-8-19)30-15-21(28)24-14-20-9-6-12-29-20/h3-5,7-8,10-11,13,20H,6,9,12,14-15H2,1-2H3,(H,24,28). The third-order valence-corrected chi connectivity index (χ3v) is 6.23. The maximum Gasteiger partial charge on any atom is 0.230 e. The van der Waals surface area contributed by atoms with Crippen molar-refractivity contribution in [2.75, 3.05) is 18.9 Å². The number of hydrogen-bond donors (Lipinski definition) is 1. The average molecular weight is 423 g/mol. The fourth-order valence-electron chi connectivity index (χ4n) is 3.45. The predicted molar refractivity (Wildman–Crippen MR) is 119 cm³/mol. The molecule has 1 saturated heterocycles. The number of hydrogen-bond acceptors (Lipinski definition) is 5. The van der Waals surface area contributed by atoms with Gasteiger partial charge in [-0.2, -0.15) is 0 Å². The quantitative estimate of drug-likeness (QED) is 0.584. The largest absolute Gasteiger partial charge is 0.376 e. The molecule has 2 heterocycles. The Morgan fingerprint density at radius 3 is 2.73 bits per heavy atom. The van der Waals surface area contributed by atoms with E-state index in [0.717, 1.165) is 36.5 Å². The van der Waals surface area contributed by atoms with Crippen LogP contribution in [0.25, 0.3) is 17.1 Å². The molecule has 1 aliphatic heterocycles. The fraction of sp³-hybridized carbons (Fsp3) is 0.348. The Bertz CT molecular complexity index is 1010. The SMILES string of the molecule is Cc1ccc(-c2nnc(SCC(=O)NCC3CCCO3)n2-c2ccccc2)cc1C. The number of thioether (sulfide) groups is 1. The molecular formula is C23H26N4O2S. The van der Waals surface area contributed by atoms with Crippen LogP contribution in [0.15, 0.2) is 53.7 Å². The highest BCUT2D eigenvalue weighted by atomic mass is 32.2. The van der Waals surface area contributed by atoms with E-state index < -0.39 is 0 Å². The molecule has 156 valence electrons. The summed E-state index contributed by atoms with van der Waals surface area (Å²) in [5.41, 5.74) is 4.42. The molecule has 0 radical (unpaired) electrons. The van der Waals surface area contributed by atoms with Gasteiger partial charge in [-0.15, -0.1) is 10.2 Å². The monoisotopic (exact) mass is 422 g/mol. The minimum Gasteiger partial charge on any atom is -0.376 e. The zero-order valence-corrected chi connectivity index (χ0v) is 18.1. The molecule has 1 aromatic heterocycles. The molecule has 3 aromatic rings. The van der Waals surface area contributed by atoms with Crippen molar-refractivity contribution in [3.63, 3.8) is 0 Å². The predicted octanol–water partition coefficient (Wildman–Crippen LogP) is 3.94. The number of nitrogens with one attached hydrogen (secondary N) is 1. The fourth-order valence-corrected chi connectivity index (χ4v) is 4.24. The summed E-state index contributed by atoms with van der Waals surface area (Å²) in [6.45, 7) is 5.54. The number of carbonyl (C=O) groups excluding carboxylic acids is 1. The summed E-state index contributed by atoms with van der Waals surface area (Å²) in [5.74, 6) is 1.03. The van der Waals surface area contributed by atoms with Crippen LogP contribution in [0.5, 0.6) is 0 Å². The molecule has 1 aliphatic rings. The molecule has 0 aliphatic carbocycles. The molecule has 0 bridgehead atoms. The van der Waals surface area contributed by atoms with Gasteiger partial charge < -0.3 is 10.1 Å². The van der Waals surface area contributed by atoms with Gasteiger partial charge in [-0.1, -0.05) is 42.1 Å². The van der Waals surface area contributed by atoms with Gasteiger partial charge in [0.1, 0.15) is 0 Å². The summed E-state index contributed by atoms with van der Waals surface area (Å²) in [7, 11) is 0. The van der Waals surface area contributed by atoms with Gasteiger partial charge in [-0.05, 0) is 56.0 Å². The Kier molecular flexibility index (Phi) is 6.50. The molecule has 1 amide bonds. The van der Waals surface area contributed by atoms with Gasteiger partial charge in [-0.25, -0.2) is 0 Å². The number of carbonyl (C=O) groups is 1. The van der Waals surface area contributed by atoms with E-state index in [1.165, 1.54) is 22.9 Å². The number of nitrogens with zero attached hydrogens (tertiary/aromatic N) is 3. The molecule has 2 aromatic carbocycles. The maximum absolute atomic E-state index is 12.3. The van der Waals surface area contributed by atoms with E-state index in [1.54, 1.807) is 0 Å². The molecule has 4 rings (SSSR count). The van der Waals surface area contributed by atoms with Gasteiger partial charge in [0.25, 0.3) is 0 Å². The van der Waals surface area contributed by atoms with Crippen LogP contribution in [0, 0.1) is 13.8 Å². The van der Waals surface area contributed by atoms with Crippen LogP contribution in [0.3, 0.4) is 0 Å². The molecule has 0 spiro atoms. The zero-order chi connectivity index (χ0) is 20.9. The smallest absolute Gasteiger partial charge is 0.230 e. The van der Waals surface area contributed by atoms with Gasteiger partial charge in [-0.3, -0.25) is 9.36 Å². The minimum atomic E-state index is -0.0224. The Hall–Kier alpha value is -2.64. The number of aryl methyl sites for hydroxylation is 2. The van der Waals surface area contributed by atoms with Crippen LogP contribution >= 0.6 is 11.8 Å². The zero-order valence-electron chi connectivity index (χ0n) is 17.3. The number of para-hydroxylation sites is 1. The highest BCUT2D eigenvalue weighted by Gasteiger charge is 2.19. The maximum atomic E-state index is 12.3. The molecule has 1 unspecified atom stereocenters. The number of amides is 1. The highest BCUT2D eigenvalue weighted by Crippen LogP contribution is 2.29. The van der Waals surface area contributed by atoms with E-state index >= 15 is 0 Å². The first-order chi connectivity index (χ1) is 14.6. The normalized spacial score (nSPS) is 16.0. The Balaban J connectivity index is 1.54. The van der Waals surface area contributed by atoms with Gasteiger partial charge in [0.05, 0.1) is 11.9 Å². The highest BCUT2D eigenvalue weighted by molar-refractivity contribution is 7.99. The van der Waals surface area contributed by atoms with E-state index in [4.69, 9.17) is 4.74 Å². The summed E-state index contributed by atoms with van der Waals surface area (Å²) >= 11 is 1.39. The lowest BCUT2D eigenvalue weighted by atomic mass is 10.1. The summed E-state index contributed by atoms with van der Waals surface area (Å²) in [5, 5.41) is 12.5. The van der Waals surface area contributed by atoms with Crippen molar-refractivity contribution in [1.82, 2.24) is 20.1 Å². The Morgan fingerprint density at radius 1 is 1.17 bits per heavy atom. The van der Waals surface area contributed by atoms with Gasteiger partial charge >= 0.3 is 0 Å². The van der Waals surface area contributed by atoms with Gasteiger partial charge in [0.15, 0.2) is 11.0 Å². The van der Waals surface area contributed by atoms with Crippen molar-refractivity contribution >= 4 is 17.7 Å². The lowest BCUT2D eigenvalue weighted by Crippen LogP contribution is -2.32. The van der Waals surface area contributed by atoms with E-state index in [1.807, 2.05) is 34.9 Å². The van der Waals surface area contributed by atoms with E-state index in [2.05, 4.69) is 47.6 Å². The topological polar surface area (TPSA) is 69.0 Å². The lowest BCUT2D eigenvalue weighted by molar-refractivity contribution is -0.119. The van der Waals surface area contributed by atoms with Crippen LogP contribution in [0.4, 0.5) is 0 Å². The number of ether oxygens (including phenoxy) is 1. The molecule has 1 N–H and O–H groups in total. The van der Waals surface area contributed by atoms with E-state index in [9.17, 15) is 4.79 Å². The summed E-state index contributed by atoms with van der Waals surface area (Å²) in [6, 6.07) is 16.3. The lowest BCUT2D eigenvalue weighted by Gasteiger charge is -2.12. The summed E-state index contributed by atoms with van der Waals surface area (Å²) in [6.07, 6.45) is 2.22. The van der Waals surface area contributed by atoms with Crippen LogP contribution in [-0.2, 0) is 9.53 Å². The first-order valence-corrected chi connectivity index (χ1v) is 11.2. The van der Waals surface area contributed by atoms with E-state index in [-0.39, 0.29) is 17.8 Å². The molecule has 0 saturated carbocycles. The van der Waals surface area contributed by atoms with Crippen molar-refractivity contribution in [1.29, 1.82) is 0 Å².